The second-order valence-electron chi connectivity index (χ2n) is 7.70. The first-order valence-electron chi connectivity index (χ1n) is 9.70. The second-order valence-corrected chi connectivity index (χ2v) is 7.70. The molecule has 1 amide bonds. The van der Waals surface area contributed by atoms with Gasteiger partial charge < -0.3 is 15.2 Å². The Balaban J connectivity index is 1.50. The molecule has 0 spiro atoms. The number of benzene rings is 1. The number of halogens is 3. The zero-order chi connectivity index (χ0) is 22.2. The highest BCUT2D eigenvalue weighted by Gasteiger charge is 2.34. The van der Waals surface area contributed by atoms with Crippen LogP contribution in [0, 0.1) is 0 Å². The van der Waals surface area contributed by atoms with Crippen LogP contribution in [0.3, 0.4) is 0 Å². The molecule has 10 heteroatoms. The van der Waals surface area contributed by atoms with Gasteiger partial charge in [-0.25, -0.2) is 4.98 Å². The van der Waals surface area contributed by atoms with E-state index in [4.69, 9.17) is 0 Å². The predicted molar refractivity (Wildman–Crippen MR) is 105 cm³/mol. The first kappa shape index (κ1) is 21.0. The Morgan fingerprint density at radius 2 is 1.97 bits per heavy atom. The zero-order valence-corrected chi connectivity index (χ0v) is 16.3. The molecule has 31 heavy (non-hydrogen) atoms. The van der Waals surface area contributed by atoms with Crippen LogP contribution in [-0.2, 0) is 11.0 Å². The van der Waals surface area contributed by atoms with E-state index < -0.39 is 23.4 Å². The lowest BCUT2D eigenvalue weighted by atomic mass is 9.83. The summed E-state index contributed by atoms with van der Waals surface area (Å²) < 4.78 is 40.2. The standard InChI is InChI=1S/C21H19F3N4O3/c22-21(23,24)18-3-1-2-17(26-18)19(30)25-14-4-5-16-13(10-14)11-28(27-16)15-6-8-20(31,12-29)9-7-15/h1-5,10-12,15,31H,6-9H2,(H,25,30)/t15-,20+. The smallest absolute Gasteiger partial charge is 0.382 e. The fraction of sp³-hybridized carbons (Fsp3) is 0.333. The molecule has 1 aromatic carbocycles. The maximum absolute atomic E-state index is 12.8. The van der Waals surface area contributed by atoms with Crippen molar-refractivity contribution in [3.8, 4) is 0 Å². The van der Waals surface area contributed by atoms with E-state index >= 15 is 0 Å². The molecule has 2 N–H and O–H groups in total. The van der Waals surface area contributed by atoms with E-state index in [1.807, 2.05) is 6.20 Å². The Labute approximate surface area is 174 Å². The summed E-state index contributed by atoms with van der Waals surface area (Å²) in [5.41, 5.74) is -1.65. The number of amides is 1. The molecule has 0 unspecified atom stereocenters. The first-order valence-corrected chi connectivity index (χ1v) is 9.70. The van der Waals surface area contributed by atoms with Crippen molar-refractivity contribution in [2.75, 3.05) is 5.32 Å². The number of anilines is 1. The van der Waals surface area contributed by atoms with E-state index in [-0.39, 0.29) is 11.7 Å². The highest BCUT2D eigenvalue weighted by molar-refractivity contribution is 6.03. The lowest BCUT2D eigenvalue weighted by Crippen LogP contribution is -2.36. The lowest BCUT2D eigenvalue weighted by molar-refractivity contribution is -0.141. The molecular formula is C21H19F3N4O3. The Morgan fingerprint density at radius 3 is 2.65 bits per heavy atom. The van der Waals surface area contributed by atoms with Gasteiger partial charge in [0.1, 0.15) is 17.0 Å². The number of carbonyl (C=O) groups excluding carboxylic acids is 2. The number of aromatic nitrogens is 3. The molecule has 1 fully saturated rings. The highest BCUT2D eigenvalue weighted by Crippen LogP contribution is 2.34. The van der Waals surface area contributed by atoms with Gasteiger partial charge in [-0.2, -0.15) is 18.3 Å². The summed E-state index contributed by atoms with van der Waals surface area (Å²) in [4.78, 5) is 26.7. The third-order valence-electron chi connectivity index (χ3n) is 5.47. The fourth-order valence-corrected chi connectivity index (χ4v) is 3.71. The van der Waals surface area contributed by atoms with Gasteiger partial charge in [-0.3, -0.25) is 9.48 Å². The van der Waals surface area contributed by atoms with Gasteiger partial charge in [0, 0.05) is 17.3 Å². The van der Waals surface area contributed by atoms with Crippen LogP contribution in [0.25, 0.3) is 10.9 Å². The summed E-state index contributed by atoms with van der Waals surface area (Å²) in [6.07, 6.45) is -0.293. The van der Waals surface area contributed by atoms with Gasteiger partial charge in [0.2, 0.25) is 0 Å². The number of fused-ring (bicyclic) bond motifs is 1. The summed E-state index contributed by atoms with van der Waals surface area (Å²) >= 11 is 0. The maximum Gasteiger partial charge on any atom is 0.433 e. The molecule has 7 nitrogen and oxygen atoms in total. The Morgan fingerprint density at radius 1 is 1.23 bits per heavy atom. The predicted octanol–water partition coefficient (Wildman–Crippen LogP) is 3.75. The number of alkyl halides is 3. The molecule has 0 bridgehead atoms. The molecule has 2 heterocycles. The average molecular weight is 432 g/mol. The quantitative estimate of drug-likeness (QED) is 0.612. The molecule has 4 rings (SSSR count). The zero-order valence-electron chi connectivity index (χ0n) is 16.3. The first-order chi connectivity index (χ1) is 14.7. The minimum absolute atomic E-state index is 0.0416. The number of carbonyl (C=O) groups is 2. The molecule has 0 saturated heterocycles. The van der Waals surface area contributed by atoms with Crippen molar-refractivity contribution in [3.05, 3.63) is 54.0 Å². The fourth-order valence-electron chi connectivity index (χ4n) is 3.71. The van der Waals surface area contributed by atoms with Crippen LogP contribution in [0.2, 0.25) is 0 Å². The van der Waals surface area contributed by atoms with Gasteiger partial charge in [0.15, 0.2) is 6.29 Å². The van der Waals surface area contributed by atoms with Crippen LogP contribution in [0.15, 0.2) is 42.6 Å². The molecule has 1 aliphatic carbocycles. The third kappa shape index (κ3) is 4.43. The third-order valence-corrected chi connectivity index (χ3v) is 5.47. The molecule has 0 radical (unpaired) electrons. The van der Waals surface area contributed by atoms with Crippen molar-refractivity contribution in [3.63, 3.8) is 0 Å². The second kappa shape index (κ2) is 7.77. The topological polar surface area (TPSA) is 97.1 Å². The van der Waals surface area contributed by atoms with Gasteiger partial charge in [0.25, 0.3) is 5.91 Å². The minimum Gasteiger partial charge on any atom is -0.382 e. The van der Waals surface area contributed by atoms with E-state index in [0.29, 0.717) is 43.2 Å². The number of hydrogen-bond donors (Lipinski definition) is 2. The van der Waals surface area contributed by atoms with E-state index in [9.17, 15) is 27.9 Å². The lowest BCUT2D eigenvalue weighted by Gasteiger charge is -2.31. The number of nitrogens with one attached hydrogen (secondary N) is 1. The van der Waals surface area contributed by atoms with Crippen molar-refractivity contribution < 1.29 is 27.9 Å². The normalized spacial score (nSPS) is 21.7. The minimum atomic E-state index is -4.63. The number of aldehydes is 1. The summed E-state index contributed by atoms with van der Waals surface area (Å²) in [5, 5.41) is 17.9. The van der Waals surface area contributed by atoms with Crippen molar-refractivity contribution in [1.82, 2.24) is 14.8 Å². The molecule has 2 aromatic heterocycles. The van der Waals surface area contributed by atoms with Crippen LogP contribution in [0.1, 0.15) is 47.9 Å². The highest BCUT2D eigenvalue weighted by atomic mass is 19.4. The number of hydrogen-bond acceptors (Lipinski definition) is 5. The summed E-state index contributed by atoms with van der Waals surface area (Å²) in [5.74, 6) is -0.752. The van der Waals surface area contributed by atoms with E-state index in [0.717, 1.165) is 17.5 Å². The van der Waals surface area contributed by atoms with Crippen LogP contribution < -0.4 is 5.32 Å². The molecule has 0 aliphatic heterocycles. The summed E-state index contributed by atoms with van der Waals surface area (Å²) in [6.45, 7) is 0. The van der Waals surface area contributed by atoms with Crippen molar-refractivity contribution in [1.29, 1.82) is 0 Å². The molecule has 162 valence electrons. The molecule has 3 aromatic rings. The van der Waals surface area contributed by atoms with Crippen molar-refractivity contribution in [2.45, 2.75) is 43.5 Å². The molecular weight excluding hydrogens is 413 g/mol. The molecule has 1 aliphatic rings. The van der Waals surface area contributed by atoms with Gasteiger partial charge in [-0.15, -0.1) is 0 Å². The van der Waals surface area contributed by atoms with E-state index in [1.54, 1.807) is 22.9 Å². The average Bonchev–Trinajstić information content (AvgIpc) is 3.17. The van der Waals surface area contributed by atoms with Gasteiger partial charge >= 0.3 is 6.18 Å². The number of aliphatic hydroxyl groups is 1. The van der Waals surface area contributed by atoms with Gasteiger partial charge in [0.05, 0.1) is 11.6 Å². The number of pyridine rings is 1. The Hall–Kier alpha value is -3.27. The number of rotatable bonds is 4. The number of nitrogens with zero attached hydrogens (tertiary/aromatic N) is 3. The SMILES string of the molecule is O=C[C@]1(O)CC[C@@H](n2cc3cc(NC(=O)c4cccc(C(F)(F)F)n4)ccc3n2)CC1. The molecule has 1 saturated carbocycles. The van der Waals surface area contributed by atoms with Crippen LogP contribution in [0.5, 0.6) is 0 Å². The van der Waals surface area contributed by atoms with Crippen LogP contribution >= 0.6 is 0 Å². The maximum atomic E-state index is 12.8. The van der Waals surface area contributed by atoms with E-state index in [1.165, 1.54) is 6.07 Å². The summed E-state index contributed by atoms with van der Waals surface area (Å²) in [6, 6.07) is 8.18. The summed E-state index contributed by atoms with van der Waals surface area (Å²) in [7, 11) is 0. The van der Waals surface area contributed by atoms with Crippen LogP contribution in [-0.4, -0.2) is 37.7 Å². The monoisotopic (exact) mass is 432 g/mol. The van der Waals surface area contributed by atoms with Crippen LogP contribution in [0.4, 0.5) is 18.9 Å². The van der Waals surface area contributed by atoms with Gasteiger partial charge in [-0.1, -0.05) is 6.07 Å². The van der Waals surface area contributed by atoms with Gasteiger partial charge in [-0.05, 0) is 56.0 Å². The Bertz CT molecular complexity index is 1130. The Kier molecular flexibility index (Phi) is 5.26. The van der Waals surface area contributed by atoms with Crippen molar-refractivity contribution in [2.24, 2.45) is 0 Å². The largest absolute Gasteiger partial charge is 0.433 e. The van der Waals surface area contributed by atoms with Crippen molar-refractivity contribution >= 4 is 28.8 Å². The molecule has 0 atom stereocenters. The van der Waals surface area contributed by atoms with E-state index in [2.05, 4.69) is 15.4 Å².